The summed E-state index contributed by atoms with van der Waals surface area (Å²) in [6.07, 6.45) is 1.29. The molecule has 7 heteroatoms. The van der Waals surface area contributed by atoms with Crippen molar-refractivity contribution < 1.29 is 15.0 Å². The first kappa shape index (κ1) is 12.6. The predicted octanol–water partition coefficient (Wildman–Crippen LogP) is 2.33. The highest BCUT2D eigenvalue weighted by atomic mass is 16.6. The number of allylic oxidation sites excluding steroid dienone is 1. The van der Waals surface area contributed by atoms with E-state index >= 15 is 0 Å². The van der Waals surface area contributed by atoms with Gasteiger partial charge in [-0.25, -0.2) is 0 Å². The van der Waals surface area contributed by atoms with Crippen LogP contribution in [0.5, 0.6) is 5.75 Å². The lowest BCUT2D eigenvalue weighted by molar-refractivity contribution is -0.425. The molecule has 0 aliphatic rings. The largest absolute Gasteiger partial charge is 0.507 e. The molecule has 1 N–H and O–H groups in total. The molecule has 17 heavy (non-hydrogen) atoms. The molecule has 7 nitrogen and oxygen atoms in total. The lowest BCUT2D eigenvalue weighted by atomic mass is 10.1. The molecule has 0 fully saturated rings. The maximum atomic E-state index is 10.6. The molecule has 0 aliphatic carbocycles. The van der Waals surface area contributed by atoms with Crippen molar-refractivity contribution in [2.75, 3.05) is 0 Å². The second-order valence-electron chi connectivity index (χ2n) is 3.25. The summed E-state index contributed by atoms with van der Waals surface area (Å²) in [7, 11) is 0. The molecule has 0 radical (unpaired) electrons. The average Bonchev–Trinajstić information content (AvgIpc) is 2.27. The number of phenols is 1. The number of aromatic hydroxyl groups is 1. The summed E-state index contributed by atoms with van der Waals surface area (Å²) in [5.74, 6) is -0.233. The van der Waals surface area contributed by atoms with Crippen LogP contribution < -0.4 is 0 Å². The Kier molecular flexibility index (Phi) is 3.76. The molecule has 0 aliphatic heterocycles. The van der Waals surface area contributed by atoms with E-state index in [2.05, 4.69) is 0 Å². The van der Waals surface area contributed by atoms with Crippen LogP contribution in [0, 0.1) is 20.2 Å². The van der Waals surface area contributed by atoms with Crippen LogP contribution in [0.25, 0.3) is 6.08 Å². The van der Waals surface area contributed by atoms with Crippen LogP contribution in [0.2, 0.25) is 0 Å². The van der Waals surface area contributed by atoms with Crippen LogP contribution in [-0.2, 0) is 0 Å². The zero-order valence-electron chi connectivity index (χ0n) is 8.99. The van der Waals surface area contributed by atoms with Gasteiger partial charge in [-0.05, 0) is 6.07 Å². The Balaban J connectivity index is 3.25. The molecule has 1 aromatic carbocycles. The smallest absolute Gasteiger partial charge is 0.270 e. The highest BCUT2D eigenvalue weighted by molar-refractivity contribution is 5.61. The third kappa shape index (κ3) is 3.00. The number of hydrogen-bond donors (Lipinski definition) is 1. The molecule has 0 bridgehead atoms. The van der Waals surface area contributed by atoms with Gasteiger partial charge < -0.3 is 5.11 Å². The van der Waals surface area contributed by atoms with Crippen molar-refractivity contribution in [3.63, 3.8) is 0 Å². The molecule has 0 spiro atoms. The number of hydrogen-bond acceptors (Lipinski definition) is 5. The first-order chi connectivity index (χ1) is 7.95. The number of phenolic OH excluding ortho intramolecular Hbond substituents is 1. The first-order valence-electron chi connectivity index (χ1n) is 4.78. The minimum absolute atomic E-state index is 0.0627. The molecule has 0 atom stereocenters. The van der Waals surface area contributed by atoms with E-state index in [-0.39, 0.29) is 29.1 Å². The Morgan fingerprint density at radius 1 is 1.41 bits per heavy atom. The first-order valence-corrected chi connectivity index (χ1v) is 4.78. The summed E-state index contributed by atoms with van der Waals surface area (Å²) in [5.41, 5.74) is -0.290. The summed E-state index contributed by atoms with van der Waals surface area (Å²) in [6.45, 7) is 1.59. The third-order valence-corrected chi connectivity index (χ3v) is 2.14. The van der Waals surface area contributed by atoms with E-state index in [4.69, 9.17) is 0 Å². The fraction of sp³-hybridized carbons (Fsp3) is 0.200. The molecule has 0 amide bonds. The summed E-state index contributed by atoms with van der Waals surface area (Å²) >= 11 is 0. The minimum Gasteiger partial charge on any atom is -0.507 e. The van der Waals surface area contributed by atoms with Crippen LogP contribution in [0.4, 0.5) is 5.69 Å². The second kappa shape index (κ2) is 5.06. The van der Waals surface area contributed by atoms with E-state index in [0.29, 0.717) is 0 Å². The normalized spacial score (nSPS) is 11.2. The number of nitro groups is 2. The lowest BCUT2D eigenvalue weighted by Crippen LogP contribution is -1.97. The molecule has 0 aromatic heterocycles. The molecule has 0 saturated heterocycles. The van der Waals surface area contributed by atoms with Gasteiger partial charge in [0.1, 0.15) is 5.75 Å². The summed E-state index contributed by atoms with van der Waals surface area (Å²) in [5, 5.41) is 30.6. The number of non-ortho nitro benzene ring substituents is 1. The van der Waals surface area contributed by atoms with E-state index in [9.17, 15) is 25.3 Å². The molecule has 0 saturated carbocycles. The van der Waals surface area contributed by atoms with Crippen molar-refractivity contribution in [1.82, 2.24) is 0 Å². The molecule has 1 aromatic rings. The molecular weight excluding hydrogens is 228 g/mol. The predicted molar refractivity (Wildman–Crippen MR) is 60.0 cm³/mol. The Bertz CT molecular complexity index is 495. The Labute approximate surface area is 96.3 Å². The van der Waals surface area contributed by atoms with Gasteiger partial charge in [-0.1, -0.05) is 6.92 Å². The molecule has 0 unspecified atom stereocenters. The monoisotopic (exact) mass is 238 g/mol. The Morgan fingerprint density at radius 3 is 2.53 bits per heavy atom. The fourth-order valence-electron chi connectivity index (χ4n) is 1.23. The Hall–Kier alpha value is -2.44. The van der Waals surface area contributed by atoms with Crippen molar-refractivity contribution in [2.24, 2.45) is 0 Å². The van der Waals surface area contributed by atoms with Gasteiger partial charge in [-0.2, -0.15) is 0 Å². The van der Waals surface area contributed by atoms with Gasteiger partial charge in [0.25, 0.3) is 5.69 Å². The van der Waals surface area contributed by atoms with Crippen LogP contribution >= 0.6 is 0 Å². The SMILES string of the molecule is CC/C(=C\c1cc([N+](=O)[O-])ccc1O)[N+](=O)[O-]. The van der Waals surface area contributed by atoms with Gasteiger partial charge >= 0.3 is 0 Å². The van der Waals surface area contributed by atoms with E-state index in [1.54, 1.807) is 6.92 Å². The zero-order chi connectivity index (χ0) is 13.0. The van der Waals surface area contributed by atoms with Crippen molar-refractivity contribution in [3.8, 4) is 5.75 Å². The summed E-state index contributed by atoms with van der Waals surface area (Å²) in [4.78, 5) is 19.9. The van der Waals surface area contributed by atoms with Gasteiger partial charge in [0.05, 0.1) is 9.85 Å². The van der Waals surface area contributed by atoms with Crippen LogP contribution in [-0.4, -0.2) is 15.0 Å². The topological polar surface area (TPSA) is 107 Å². The molecular formula is C10H10N2O5. The zero-order valence-corrected chi connectivity index (χ0v) is 8.99. The van der Waals surface area contributed by atoms with Crippen LogP contribution in [0.3, 0.4) is 0 Å². The van der Waals surface area contributed by atoms with Gasteiger partial charge in [0, 0.05) is 30.2 Å². The van der Waals surface area contributed by atoms with Crippen molar-refractivity contribution in [1.29, 1.82) is 0 Å². The van der Waals surface area contributed by atoms with Crippen LogP contribution in [0.1, 0.15) is 18.9 Å². The lowest BCUT2D eigenvalue weighted by Gasteiger charge is -1.99. The number of nitrogens with zero attached hydrogens (tertiary/aromatic N) is 2. The number of rotatable bonds is 4. The fourth-order valence-corrected chi connectivity index (χ4v) is 1.23. The third-order valence-electron chi connectivity index (χ3n) is 2.14. The number of nitro benzene ring substituents is 1. The number of benzene rings is 1. The van der Waals surface area contributed by atoms with E-state index < -0.39 is 9.85 Å². The molecule has 90 valence electrons. The standard InChI is InChI=1S/C10H10N2O5/c1-2-8(11(14)15)5-7-6-9(12(16)17)3-4-10(7)13/h3-6,13H,2H2,1H3/b8-5+. The highest BCUT2D eigenvalue weighted by Gasteiger charge is 2.13. The quantitative estimate of drug-likeness (QED) is 0.639. The van der Waals surface area contributed by atoms with Crippen molar-refractivity contribution >= 4 is 11.8 Å². The van der Waals surface area contributed by atoms with Crippen molar-refractivity contribution in [3.05, 3.63) is 49.7 Å². The maximum Gasteiger partial charge on any atom is 0.270 e. The minimum atomic E-state index is -0.630. The van der Waals surface area contributed by atoms with E-state index in [1.165, 1.54) is 0 Å². The van der Waals surface area contributed by atoms with Gasteiger partial charge in [-0.3, -0.25) is 20.2 Å². The Morgan fingerprint density at radius 2 is 2.06 bits per heavy atom. The highest BCUT2D eigenvalue weighted by Crippen LogP contribution is 2.25. The average molecular weight is 238 g/mol. The molecule has 0 heterocycles. The van der Waals surface area contributed by atoms with Gasteiger partial charge in [0.2, 0.25) is 5.70 Å². The van der Waals surface area contributed by atoms with E-state index in [1.807, 2.05) is 0 Å². The summed E-state index contributed by atoms with van der Waals surface area (Å²) in [6, 6.07) is 3.36. The maximum absolute atomic E-state index is 10.6. The van der Waals surface area contributed by atoms with E-state index in [0.717, 1.165) is 24.3 Å². The van der Waals surface area contributed by atoms with Crippen LogP contribution in [0.15, 0.2) is 23.9 Å². The van der Waals surface area contributed by atoms with Gasteiger partial charge in [-0.15, -0.1) is 0 Å². The molecule has 1 rings (SSSR count). The summed E-state index contributed by atoms with van der Waals surface area (Å²) < 4.78 is 0. The van der Waals surface area contributed by atoms with Crippen molar-refractivity contribution in [2.45, 2.75) is 13.3 Å². The van der Waals surface area contributed by atoms with Gasteiger partial charge in [0.15, 0.2) is 0 Å². The second-order valence-corrected chi connectivity index (χ2v) is 3.25.